The van der Waals surface area contributed by atoms with E-state index in [2.05, 4.69) is 57.3 Å². The van der Waals surface area contributed by atoms with Gasteiger partial charge in [0.05, 0.1) is 0 Å². The topological polar surface area (TPSA) is 63.8 Å². The van der Waals surface area contributed by atoms with Crippen molar-refractivity contribution in [1.82, 2.24) is 9.97 Å². The Morgan fingerprint density at radius 1 is 1.06 bits per heavy atom. The molecule has 0 aliphatic rings. The van der Waals surface area contributed by atoms with E-state index in [1.54, 1.807) is 0 Å². The summed E-state index contributed by atoms with van der Waals surface area (Å²) in [4.78, 5) is 8.81. The molecule has 0 atom stereocenters. The van der Waals surface area contributed by atoms with Crippen molar-refractivity contribution >= 4 is 21.7 Å². The van der Waals surface area contributed by atoms with E-state index in [0.29, 0.717) is 11.6 Å². The molecule has 0 radical (unpaired) electrons. The molecule has 2 aromatic rings. The molecule has 5 heteroatoms. The maximum absolute atomic E-state index is 5.40. The first-order valence-electron chi connectivity index (χ1n) is 5.60. The van der Waals surface area contributed by atoms with Gasteiger partial charge in [0.2, 0.25) is 0 Å². The van der Waals surface area contributed by atoms with E-state index in [-0.39, 0.29) is 0 Å². The van der Waals surface area contributed by atoms with Crippen molar-refractivity contribution in [2.24, 2.45) is 5.84 Å². The van der Waals surface area contributed by atoms with Gasteiger partial charge in [0.15, 0.2) is 5.82 Å². The van der Waals surface area contributed by atoms with Crippen LogP contribution in [0.15, 0.2) is 22.7 Å². The zero-order chi connectivity index (χ0) is 13.3. The fourth-order valence-corrected chi connectivity index (χ4v) is 2.08. The predicted molar refractivity (Wildman–Crippen MR) is 77.2 cm³/mol. The Kier molecular flexibility index (Phi) is 3.63. The number of halogens is 1. The van der Waals surface area contributed by atoms with Crippen LogP contribution < -0.4 is 11.3 Å². The summed E-state index contributed by atoms with van der Waals surface area (Å²) in [6, 6.07) is 5.93. The van der Waals surface area contributed by atoms with Crippen molar-refractivity contribution in [1.29, 1.82) is 0 Å². The first-order valence-corrected chi connectivity index (χ1v) is 6.40. The quantitative estimate of drug-likeness (QED) is 0.661. The molecule has 0 aliphatic carbocycles. The lowest BCUT2D eigenvalue weighted by molar-refractivity contribution is 1.09. The van der Waals surface area contributed by atoms with Gasteiger partial charge in [-0.15, -0.1) is 0 Å². The predicted octanol–water partition coefficient (Wildman–Crippen LogP) is 3.12. The summed E-state index contributed by atoms with van der Waals surface area (Å²) in [5.41, 5.74) is 6.76. The van der Waals surface area contributed by atoms with E-state index in [1.807, 2.05) is 13.0 Å². The van der Waals surface area contributed by atoms with Crippen LogP contribution in [0, 0.1) is 20.8 Å². The largest absolute Gasteiger partial charge is 0.308 e. The van der Waals surface area contributed by atoms with Crippen molar-refractivity contribution < 1.29 is 0 Å². The Balaban J connectivity index is 2.58. The van der Waals surface area contributed by atoms with E-state index in [9.17, 15) is 0 Å². The number of aromatic nitrogens is 2. The monoisotopic (exact) mass is 306 g/mol. The van der Waals surface area contributed by atoms with Crippen molar-refractivity contribution in [2.75, 3.05) is 5.43 Å². The Hall–Kier alpha value is -1.46. The highest BCUT2D eigenvalue weighted by molar-refractivity contribution is 9.10. The summed E-state index contributed by atoms with van der Waals surface area (Å²) in [5.74, 6) is 6.70. The highest BCUT2D eigenvalue weighted by atomic mass is 79.9. The van der Waals surface area contributed by atoms with Crippen molar-refractivity contribution in [2.45, 2.75) is 20.8 Å². The van der Waals surface area contributed by atoms with Gasteiger partial charge in [0.1, 0.15) is 5.82 Å². The second-order valence-electron chi connectivity index (χ2n) is 4.29. The average molecular weight is 307 g/mol. The fraction of sp³-hybridized carbons (Fsp3) is 0.231. The van der Waals surface area contributed by atoms with Gasteiger partial charge < -0.3 is 5.43 Å². The van der Waals surface area contributed by atoms with Crippen molar-refractivity contribution in [3.63, 3.8) is 0 Å². The first kappa shape index (κ1) is 13.0. The van der Waals surface area contributed by atoms with E-state index >= 15 is 0 Å². The lowest BCUT2D eigenvalue weighted by atomic mass is 10.1. The number of nitrogens with zero attached hydrogens (tertiary/aromatic N) is 2. The van der Waals surface area contributed by atoms with E-state index < -0.39 is 0 Å². The van der Waals surface area contributed by atoms with Gasteiger partial charge in [0.25, 0.3) is 0 Å². The van der Waals surface area contributed by atoms with Gasteiger partial charge in [-0.2, -0.15) is 0 Å². The lowest BCUT2D eigenvalue weighted by Gasteiger charge is -2.09. The Labute approximate surface area is 115 Å². The van der Waals surface area contributed by atoms with Gasteiger partial charge in [-0.05, 0) is 44.0 Å². The summed E-state index contributed by atoms with van der Waals surface area (Å²) in [6.07, 6.45) is 0. The van der Waals surface area contributed by atoms with E-state index in [1.165, 1.54) is 0 Å². The normalized spacial score (nSPS) is 10.5. The fourth-order valence-electron chi connectivity index (χ4n) is 1.85. The van der Waals surface area contributed by atoms with Crippen LogP contribution in [0.1, 0.15) is 16.8 Å². The van der Waals surface area contributed by atoms with Gasteiger partial charge >= 0.3 is 0 Å². The minimum absolute atomic E-state index is 0.621. The average Bonchev–Trinajstić information content (AvgIpc) is 2.34. The number of hydrazine groups is 1. The zero-order valence-corrected chi connectivity index (χ0v) is 12.2. The first-order chi connectivity index (χ1) is 8.51. The number of rotatable bonds is 2. The maximum atomic E-state index is 5.40. The Morgan fingerprint density at radius 2 is 1.67 bits per heavy atom. The number of nitrogens with two attached hydrogens (primary N) is 1. The molecule has 3 N–H and O–H groups in total. The third-order valence-electron chi connectivity index (χ3n) is 2.70. The van der Waals surface area contributed by atoms with Crippen molar-refractivity contribution in [3.8, 4) is 11.4 Å². The summed E-state index contributed by atoms with van der Waals surface area (Å²) >= 11 is 3.56. The van der Waals surface area contributed by atoms with Crippen LogP contribution in [-0.4, -0.2) is 9.97 Å². The molecule has 0 saturated carbocycles. The molecule has 2 rings (SSSR count). The number of nitrogen functional groups attached to an aromatic ring is 1. The molecule has 0 unspecified atom stereocenters. The van der Waals surface area contributed by atoms with Gasteiger partial charge in [-0.1, -0.05) is 15.9 Å². The van der Waals surface area contributed by atoms with Crippen LogP contribution in [0.2, 0.25) is 0 Å². The van der Waals surface area contributed by atoms with E-state index in [0.717, 1.165) is 26.9 Å². The molecule has 0 spiro atoms. The summed E-state index contributed by atoms with van der Waals surface area (Å²) in [5, 5.41) is 0. The summed E-state index contributed by atoms with van der Waals surface area (Å²) < 4.78 is 1.12. The molecular formula is C13H15BrN4. The minimum Gasteiger partial charge on any atom is -0.308 e. The molecule has 1 aromatic carbocycles. The SMILES string of the molecule is Cc1cc(NN)nc(-c2cc(C)c(Br)c(C)c2)n1. The number of hydrogen-bond acceptors (Lipinski definition) is 4. The minimum atomic E-state index is 0.621. The molecule has 94 valence electrons. The van der Waals surface area contributed by atoms with Crippen molar-refractivity contribution in [3.05, 3.63) is 39.5 Å². The lowest BCUT2D eigenvalue weighted by Crippen LogP contribution is -2.10. The highest BCUT2D eigenvalue weighted by Gasteiger charge is 2.08. The number of aryl methyl sites for hydroxylation is 3. The smallest absolute Gasteiger partial charge is 0.161 e. The van der Waals surface area contributed by atoms with Crippen LogP contribution >= 0.6 is 15.9 Å². The molecule has 0 fully saturated rings. The molecule has 0 bridgehead atoms. The molecule has 0 amide bonds. The third kappa shape index (κ3) is 2.52. The van der Waals surface area contributed by atoms with Crippen LogP contribution in [0.25, 0.3) is 11.4 Å². The zero-order valence-electron chi connectivity index (χ0n) is 10.6. The van der Waals surface area contributed by atoms with Crippen LogP contribution in [0.4, 0.5) is 5.82 Å². The molecule has 4 nitrogen and oxygen atoms in total. The van der Waals surface area contributed by atoms with Crippen LogP contribution in [-0.2, 0) is 0 Å². The molecule has 0 aliphatic heterocycles. The van der Waals surface area contributed by atoms with Crippen LogP contribution in [0.3, 0.4) is 0 Å². The highest BCUT2D eigenvalue weighted by Crippen LogP contribution is 2.27. The second kappa shape index (κ2) is 5.04. The number of benzene rings is 1. The number of anilines is 1. The number of nitrogens with one attached hydrogen (secondary N) is 1. The number of hydrogen-bond donors (Lipinski definition) is 2. The van der Waals surface area contributed by atoms with Crippen LogP contribution in [0.5, 0.6) is 0 Å². The van der Waals surface area contributed by atoms with Gasteiger partial charge in [-0.25, -0.2) is 15.8 Å². The van der Waals surface area contributed by atoms with Gasteiger partial charge in [0, 0.05) is 21.8 Å². The summed E-state index contributed by atoms with van der Waals surface area (Å²) in [6.45, 7) is 6.03. The van der Waals surface area contributed by atoms with E-state index in [4.69, 9.17) is 5.84 Å². The standard InChI is InChI=1S/C13H15BrN4/c1-7-4-10(5-8(2)12(7)14)13-16-9(3)6-11(17-13)18-15/h4-6H,15H2,1-3H3,(H,16,17,18). The Bertz CT molecular complexity index is 573. The molecular weight excluding hydrogens is 292 g/mol. The molecule has 18 heavy (non-hydrogen) atoms. The second-order valence-corrected chi connectivity index (χ2v) is 5.08. The van der Waals surface area contributed by atoms with Gasteiger partial charge in [-0.3, -0.25) is 0 Å². The summed E-state index contributed by atoms with van der Waals surface area (Å²) in [7, 11) is 0. The molecule has 1 heterocycles. The molecule has 0 saturated heterocycles. The maximum Gasteiger partial charge on any atom is 0.161 e. The molecule has 1 aromatic heterocycles. The Morgan fingerprint density at radius 3 is 2.22 bits per heavy atom. The third-order valence-corrected chi connectivity index (χ3v) is 3.95.